The zero-order valence-corrected chi connectivity index (χ0v) is 27.7. The van der Waals surface area contributed by atoms with Gasteiger partial charge in [0.1, 0.15) is 5.69 Å². The highest BCUT2D eigenvalue weighted by atomic mass is 32.2. The predicted octanol–water partition coefficient (Wildman–Crippen LogP) is 8.64. The van der Waals surface area contributed by atoms with Gasteiger partial charge in [-0.25, -0.2) is 9.88 Å². The van der Waals surface area contributed by atoms with Gasteiger partial charge in [0.2, 0.25) is 0 Å². The van der Waals surface area contributed by atoms with Crippen LogP contribution in [0.4, 0.5) is 5.69 Å². The van der Waals surface area contributed by atoms with Gasteiger partial charge in [0.25, 0.3) is 17.0 Å². The number of aliphatic hydroxyl groups is 1. The number of benzene rings is 5. The molecule has 3 atom stereocenters. The molecule has 1 fully saturated rings. The maximum absolute atomic E-state index is 13.1. The minimum Gasteiger partial charge on any atom is -0.431 e. The Bertz CT molecular complexity index is 2040. The molecular formula is C41H32N2O6S. The number of fused-ring (bicyclic) bond motifs is 1. The largest absolute Gasteiger partial charge is 0.431 e. The van der Waals surface area contributed by atoms with E-state index in [1.165, 1.54) is 16.7 Å². The summed E-state index contributed by atoms with van der Waals surface area (Å²) in [6, 6.07) is 41.7. The quantitative estimate of drug-likeness (QED) is 0.120. The predicted molar refractivity (Wildman–Crippen MR) is 191 cm³/mol. The standard InChI is InChI=1S/C41H32N2O6S/c44-24-26-15-17-27(18-16-26)35-23-32(25-50-41-42-36(28-9-3-1-4-10-28)37(49-41)29-11-5-2-6-12-29)47-40(48-35)30-19-21-31(22-20-30)43-38(45)33-13-7-8-14-34(33)39(43)46/h1-22,32,35,40,44H,23-25H2/t32-,35+,40+/m0/s1. The number of nitrogens with zero attached hydrogens (tertiary/aromatic N) is 2. The van der Waals surface area contributed by atoms with Crippen molar-refractivity contribution in [3.63, 3.8) is 0 Å². The lowest BCUT2D eigenvalue weighted by atomic mass is 10.0. The second-order valence-electron chi connectivity index (χ2n) is 12.1. The van der Waals surface area contributed by atoms with Crippen molar-refractivity contribution < 1.29 is 28.6 Å². The molecule has 8 nitrogen and oxygen atoms in total. The second-order valence-corrected chi connectivity index (χ2v) is 13.1. The van der Waals surface area contributed by atoms with Crippen LogP contribution in [-0.2, 0) is 16.1 Å². The van der Waals surface area contributed by atoms with Gasteiger partial charge in [0.15, 0.2) is 12.1 Å². The van der Waals surface area contributed by atoms with Crippen LogP contribution in [-0.4, -0.2) is 33.8 Å². The number of thioether (sulfide) groups is 1. The Labute approximate surface area is 293 Å². The Morgan fingerprint density at radius 1 is 0.700 bits per heavy atom. The molecule has 5 aromatic carbocycles. The van der Waals surface area contributed by atoms with Crippen LogP contribution in [0.3, 0.4) is 0 Å². The summed E-state index contributed by atoms with van der Waals surface area (Å²) in [5, 5.41) is 10.1. The van der Waals surface area contributed by atoms with Crippen LogP contribution in [0.15, 0.2) is 143 Å². The molecule has 0 spiro atoms. The first kappa shape index (κ1) is 31.9. The smallest absolute Gasteiger partial charge is 0.266 e. The Morgan fingerprint density at radius 3 is 1.94 bits per heavy atom. The van der Waals surface area contributed by atoms with E-state index in [1.54, 1.807) is 36.4 Å². The molecule has 3 heterocycles. The van der Waals surface area contributed by atoms with Crippen molar-refractivity contribution in [3.8, 4) is 22.6 Å². The number of aliphatic hydroxyl groups excluding tert-OH is 1. The lowest BCUT2D eigenvalue weighted by Crippen LogP contribution is -2.31. The minimum absolute atomic E-state index is 0.0393. The SMILES string of the molecule is O=C1c2ccccc2C(=O)N1c1ccc([C@@H]2O[C@H](CSc3nc(-c4ccccc4)c(-c4ccccc4)o3)C[C@H](c3ccc(CO)cc3)O2)cc1. The summed E-state index contributed by atoms with van der Waals surface area (Å²) in [5.41, 5.74) is 6.52. The Hall–Kier alpha value is -5.32. The van der Waals surface area contributed by atoms with Crippen LogP contribution in [0.25, 0.3) is 22.6 Å². The van der Waals surface area contributed by atoms with Crippen LogP contribution in [0, 0.1) is 0 Å². The molecule has 0 radical (unpaired) electrons. The lowest BCUT2D eigenvalue weighted by molar-refractivity contribution is -0.245. The summed E-state index contributed by atoms with van der Waals surface area (Å²) in [6.45, 7) is -0.0393. The van der Waals surface area contributed by atoms with E-state index in [0.29, 0.717) is 40.0 Å². The Morgan fingerprint density at radius 2 is 1.30 bits per heavy atom. The molecule has 1 N–H and O–H groups in total. The Kier molecular flexibility index (Phi) is 8.87. The molecule has 8 rings (SSSR count). The molecule has 0 unspecified atom stereocenters. The van der Waals surface area contributed by atoms with Gasteiger partial charge >= 0.3 is 0 Å². The lowest BCUT2D eigenvalue weighted by Gasteiger charge is -2.36. The monoisotopic (exact) mass is 680 g/mol. The number of oxazole rings is 1. The highest BCUT2D eigenvalue weighted by molar-refractivity contribution is 7.99. The van der Waals surface area contributed by atoms with Gasteiger partial charge in [-0.05, 0) is 35.4 Å². The third-order valence-electron chi connectivity index (χ3n) is 8.92. The van der Waals surface area contributed by atoms with Crippen LogP contribution in [0.5, 0.6) is 0 Å². The topological polar surface area (TPSA) is 102 Å². The maximum atomic E-state index is 13.1. The molecule has 0 bridgehead atoms. The van der Waals surface area contributed by atoms with Gasteiger partial charge in [-0.2, -0.15) is 0 Å². The molecule has 50 heavy (non-hydrogen) atoms. The summed E-state index contributed by atoms with van der Waals surface area (Å²) < 4.78 is 19.5. The molecule has 1 saturated heterocycles. The number of imide groups is 1. The number of ether oxygens (including phenoxy) is 2. The number of anilines is 1. The first-order chi connectivity index (χ1) is 24.6. The number of amides is 2. The fourth-order valence-corrected chi connectivity index (χ4v) is 7.17. The highest BCUT2D eigenvalue weighted by Crippen LogP contribution is 2.41. The summed E-state index contributed by atoms with van der Waals surface area (Å²) in [7, 11) is 0. The molecule has 2 amide bonds. The van der Waals surface area contributed by atoms with Gasteiger partial charge in [0, 0.05) is 28.9 Å². The van der Waals surface area contributed by atoms with E-state index in [-0.39, 0.29) is 30.6 Å². The molecule has 6 aromatic rings. The van der Waals surface area contributed by atoms with Gasteiger partial charge < -0.3 is 19.0 Å². The van der Waals surface area contributed by atoms with Gasteiger partial charge in [-0.1, -0.05) is 121 Å². The number of carbonyl (C=O) groups excluding carboxylic acids is 2. The molecule has 1 aromatic heterocycles. The molecule has 0 saturated carbocycles. The van der Waals surface area contributed by atoms with Crippen molar-refractivity contribution in [2.75, 3.05) is 10.7 Å². The van der Waals surface area contributed by atoms with Crippen molar-refractivity contribution in [2.24, 2.45) is 0 Å². The highest BCUT2D eigenvalue weighted by Gasteiger charge is 2.37. The molecule has 2 aliphatic rings. The van der Waals surface area contributed by atoms with E-state index in [1.807, 2.05) is 97.1 Å². The fraction of sp³-hybridized carbons (Fsp3) is 0.146. The van der Waals surface area contributed by atoms with Crippen molar-refractivity contribution in [1.82, 2.24) is 4.98 Å². The molecule has 0 aliphatic carbocycles. The summed E-state index contributed by atoms with van der Waals surface area (Å²) >= 11 is 1.49. The summed E-state index contributed by atoms with van der Waals surface area (Å²) in [4.78, 5) is 32.3. The first-order valence-electron chi connectivity index (χ1n) is 16.4. The van der Waals surface area contributed by atoms with Gasteiger partial charge in [-0.3, -0.25) is 9.59 Å². The van der Waals surface area contributed by atoms with E-state index < -0.39 is 6.29 Å². The molecule has 248 valence electrons. The second kappa shape index (κ2) is 13.9. The summed E-state index contributed by atoms with van der Waals surface area (Å²) in [5.74, 6) is 0.583. The zero-order chi connectivity index (χ0) is 34.0. The van der Waals surface area contributed by atoms with E-state index in [2.05, 4.69) is 0 Å². The third-order valence-corrected chi connectivity index (χ3v) is 9.88. The number of hydrogen-bond donors (Lipinski definition) is 1. The van der Waals surface area contributed by atoms with Crippen molar-refractivity contribution in [3.05, 3.63) is 161 Å². The first-order valence-corrected chi connectivity index (χ1v) is 17.4. The van der Waals surface area contributed by atoms with E-state index in [4.69, 9.17) is 18.9 Å². The maximum Gasteiger partial charge on any atom is 0.266 e. The van der Waals surface area contributed by atoms with Gasteiger partial charge in [0.05, 0.1) is 35.6 Å². The van der Waals surface area contributed by atoms with Crippen molar-refractivity contribution >= 4 is 29.3 Å². The van der Waals surface area contributed by atoms with Crippen molar-refractivity contribution in [2.45, 2.75) is 36.7 Å². The zero-order valence-electron chi connectivity index (χ0n) is 26.8. The van der Waals surface area contributed by atoms with Crippen LogP contribution in [0.2, 0.25) is 0 Å². The fourth-order valence-electron chi connectivity index (χ4n) is 6.33. The normalized spacial score (nSPS) is 18.7. The van der Waals surface area contributed by atoms with E-state index >= 15 is 0 Å². The van der Waals surface area contributed by atoms with Crippen LogP contribution in [0.1, 0.15) is 56.2 Å². The minimum atomic E-state index is -0.711. The van der Waals surface area contributed by atoms with Crippen LogP contribution >= 0.6 is 11.8 Å². The average molecular weight is 681 g/mol. The number of rotatable bonds is 9. The number of carbonyl (C=O) groups is 2. The van der Waals surface area contributed by atoms with Crippen LogP contribution < -0.4 is 4.90 Å². The average Bonchev–Trinajstić information content (AvgIpc) is 3.73. The Balaban J connectivity index is 1.05. The number of hydrogen-bond acceptors (Lipinski definition) is 8. The number of aromatic nitrogens is 1. The molecule has 9 heteroatoms. The molecular weight excluding hydrogens is 649 g/mol. The van der Waals surface area contributed by atoms with Crippen molar-refractivity contribution in [1.29, 1.82) is 0 Å². The van der Waals surface area contributed by atoms with E-state index in [0.717, 1.165) is 33.5 Å². The summed E-state index contributed by atoms with van der Waals surface area (Å²) in [6.07, 6.45) is -0.637. The molecule has 2 aliphatic heterocycles. The third kappa shape index (κ3) is 6.28. The van der Waals surface area contributed by atoms with E-state index in [9.17, 15) is 14.7 Å². The van der Waals surface area contributed by atoms with Gasteiger partial charge in [-0.15, -0.1) is 0 Å².